The molecule has 2 rings (SSSR count). The van der Waals surface area contributed by atoms with Gasteiger partial charge in [0.05, 0.1) is 15.7 Å². The van der Waals surface area contributed by atoms with Crippen LogP contribution < -0.4 is 15.8 Å². The lowest BCUT2D eigenvalue weighted by Gasteiger charge is -2.11. The van der Waals surface area contributed by atoms with Crippen molar-refractivity contribution in [1.82, 2.24) is 4.98 Å². The van der Waals surface area contributed by atoms with Crippen LogP contribution in [0, 0.1) is 0 Å². The molecule has 0 fully saturated rings. The summed E-state index contributed by atoms with van der Waals surface area (Å²) in [4.78, 5) is 27.6. The Hall–Kier alpha value is -2.07. The van der Waals surface area contributed by atoms with Crippen molar-refractivity contribution in [2.75, 3.05) is 17.7 Å². The van der Waals surface area contributed by atoms with Gasteiger partial charge in [-0.1, -0.05) is 46.4 Å². The molecule has 0 saturated heterocycles. The van der Waals surface area contributed by atoms with E-state index in [0.29, 0.717) is 0 Å². The number of carbonyl (C=O) groups excluding carboxylic acids is 2. The second kappa shape index (κ2) is 9.42. The van der Waals surface area contributed by atoms with Gasteiger partial charge >= 0.3 is 12.6 Å². The first kappa shape index (κ1) is 22.2. The quantitative estimate of drug-likeness (QED) is 0.465. The summed E-state index contributed by atoms with van der Waals surface area (Å²) in [6, 6.07) is 3.58. The maximum absolute atomic E-state index is 12.2. The minimum atomic E-state index is -3.05. The summed E-state index contributed by atoms with van der Waals surface area (Å²) in [7, 11) is 0. The van der Waals surface area contributed by atoms with Crippen molar-refractivity contribution in [2.45, 2.75) is 6.61 Å². The standard InChI is InChI=1S/C15H9Cl4F2N3O4/c16-6-3-5(1-2-7(6)28-15(20)21)23-8(25)4-27-14(26)12-9(17)11(22)10(18)13(19)24-12/h1-3,15H,4H2,(H2,22,24)(H,23,25). The van der Waals surface area contributed by atoms with Crippen LogP contribution in [0.1, 0.15) is 10.5 Å². The third kappa shape index (κ3) is 5.48. The minimum Gasteiger partial charge on any atom is -0.451 e. The Balaban J connectivity index is 1.99. The molecule has 7 nitrogen and oxygen atoms in total. The SMILES string of the molecule is Nc1c(Cl)c(Cl)nc(C(=O)OCC(=O)Nc2ccc(OC(F)F)c(Cl)c2)c1Cl. The molecule has 1 amide bonds. The molecule has 2 aromatic rings. The molecule has 1 aromatic heterocycles. The van der Waals surface area contributed by atoms with Crippen LogP contribution >= 0.6 is 46.4 Å². The van der Waals surface area contributed by atoms with Crippen molar-refractivity contribution in [3.63, 3.8) is 0 Å². The van der Waals surface area contributed by atoms with Gasteiger partial charge in [0, 0.05) is 5.69 Å². The normalized spacial score (nSPS) is 10.7. The number of benzene rings is 1. The van der Waals surface area contributed by atoms with E-state index >= 15 is 0 Å². The van der Waals surface area contributed by atoms with E-state index in [1.54, 1.807) is 0 Å². The Morgan fingerprint density at radius 2 is 1.86 bits per heavy atom. The van der Waals surface area contributed by atoms with E-state index < -0.39 is 30.8 Å². The monoisotopic (exact) mass is 473 g/mol. The highest BCUT2D eigenvalue weighted by Crippen LogP contribution is 2.34. The van der Waals surface area contributed by atoms with Crippen molar-refractivity contribution in [1.29, 1.82) is 0 Å². The van der Waals surface area contributed by atoms with Crippen LogP contribution in [0.2, 0.25) is 20.2 Å². The number of nitrogen functional groups attached to an aromatic ring is 1. The molecule has 1 aromatic carbocycles. The second-order valence-electron chi connectivity index (χ2n) is 4.94. The Kier molecular flexibility index (Phi) is 7.48. The Morgan fingerprint density at radius 3 is 2.46 bits per heavy atom. The molecular formula is C15H9Cl4F2N3O4. The van der Waals surface area contributed by atoms with Crippen LogP contribution in [0.25, 0.3) is 0 Å². The molecule has 0 unspecified atom stereocenters. The molecule has 0 radical (unpaired) electrons. The Bertz CT molecular complexity index is 931. The van der Waals surface area contributed by atoms with Gasteiger partial charge in [-0.25, -0.2) is 9.78 Å². The summed E-state index contributed by atoms with van der Waals surface area (Å²) < 4.78 is 33.3. The number of anilines is 2. The average molecular weight is 475 g/mol. The van der Waals surface area contributed by atoms with Crippen LogP contribution in [0.15, 0.2) is 18.2 Å². The molecule has 1 heterocycles. The molecule has 3 N–H and O–H groups in total. The second-order valence-corrected chi connectivity index (χ2v) is 6.46. The molecule has 150 valence electrons. The molecule has 0 bridgehead atoms. The van der Waals surface area contributed by atoms with E-state index in [4.69, 9.17) is 56.9 Å². The largest absolute Gasteiger partial charge is 0.451 e. The van der Waals surface area contributed by atoms with E-state index in [1.807, 2.05) is 0 Å². The van der Waals surface area contributed by atoms with Crippen molar-refractivity contribution in [3.8, 4) is 5.75 Å². The lowest BCUT2D eigenvalue weighted by molar-refractivity contribution is -0.119. The number of carbonyl (C=O) groups is 2. The fraction of sp³-hybridized carbons (Fsp3) is 0.133. The molecule has 0 aliphatic carbocycles. The van der Waals surface area contributed by atoms with Crippen molar-refractivity contribution < 1.29 is 27.8 Å². The molecular weight excluding hydrogens is 466 g/mol. The number of esters is 1. The number of hydrogen-bond acceptors (Lipinski definition) is 6. The van der Waals surface area contributed by atoms with Crippen molar-refractivity contribution in [2.24, 2.45) is 0 Å². The topological polar surface area (TPSA) is 104 Å². The van der Waals surface area contributed by atoms with Crippen LogP contribution in [-0.4, -0.2) is 30.1 Å². The van der Waals surface area contributed by atoms with Crippen molar-refractivity contribution in [3.05, 3.63) is 44.1 Å². The highest BCUT2D eigenvalue weighted by Gasteiger charge is 2.21. The minimum absolute atomic E-state index is 0.128. The summed E-state index contributed by atoms with van der Waals surface area (Å²) >= 11 is 23.1. The summed E-state index contributed by atoms with van der Waals surface area (Å²) in [6.45, 7) is -3.77. The fourth-order valence-electron chi connectivity index (χ4n) is 1.83. The molecule has 28 heavy (non-hydrogen) atoms. The highest BCUT2D eigenvalue weighted by molar-refractivity contribution is 6.46. The predicted molar refractivity (Wildman–Crippen MR) is 101 cm³/mol. The summed E-state index contributed by atoms with van der Waals surface area (Å²) in [5.41, 5.74) is 5.16. The molecule has 0 aliphatic heterocycles. The smallest absolute Gasteiger partial charge is 0.387 e. The average Bonchev–Trinajstić information content (AvgIpc) is 2.63. The zero-order valence-corrected chi connectivity index (χ0v) is 16.5. The van der Waals surface area contributed by atoms with Gasteiger partial charge in [-0.15, -0.1) is 0 Å². The van der Waals surface area contributed by atoms with Gasteiger partial charge in [-0.3, -0.25) is 4.79 Å². The number of alkyl halides is 2. The first-order chi connectivity index (χ1) is 13.1. The summed E-state index contributed by atoms with van der Waals surface area (Å²) in [5, 5.41) is 1.52. The molecule has 0 aliphatic rings. The third-order valence-corrected chi connectivity index (χ3v) is 4.46. The first-order valence-corrected chi connectivity index (χ1v) is 8.62. The maximum atomic E-state index is 12.2. The van der Waals surface area contributed by atoms with E-state index in [2.05, 4.69) is 15.0 Å². The number of nitrogens with one attached hydrogen (secondary N) is 1. The number of aromatic nitrogens is 1. The third-order valence-electron chi connectivity index (χ3n) is 3.03. The van der Waals surface area contributed by atoms with Gasteiger partial charge in [-0.2, -0.15) is 8.78 Å². The van der Waals surface area contributed by atoms with Crippen LogP contribution in [0.4, 0.5) is 20.2 Å². The van der Waals surface area contributed by atoms with Crippen LogP contribution in [0.5, 0.6) is 5.75 Å². The van der Waals surface area contributed by atoms with Crippen LogP contribution in [0.3, 0.4) is 0 Å². The van der Waals surface area contributed by atoms with Gasteiger partial charge in [-0.05, 0) is 18.2 Å². The van der Waals surface area contributed by atoms with Crippen molar-refractivity contribution >= 4 is 69.7 Å². The number of pyridine rings is 1. The first-order valence-electron chi connectivity index (χ1n) is 7.11. The molecule has 0 saturated carbocycles. The number of rotatable bonds is 6. The number of hydrogen-bond donors (Lipinski definition) is 2. The zero-order chi connectivity index (χ0) is 21.0. The van der Waals surface area contributed by atoms with E-state index in [0.717, 1.165) is 6.07 Å². The predicted octanol–water partition coefficient (Wildman–Crippen LogP) is 4.67. The van der Waals surface area contributed by atoms with Gasteiger partial charge in [0.1, 0.15) is 10.8 Å². The number of halogens is 6. The van der Waals surface area contributed by atoms with E-state index in [-0.39, 0.29) is 37.3 Å². The van der Waals surface area contributed by atoms with Gasteiger partial charge < -0.3 is 20.5 Å². The number of ether oxygens (including phenoxy) is 2. The summed E-state index contributed by atoms with van der Waals surface area (Å²) in [6.07, 6.45) is 0. The Morgan fingerprint density at radius 1 is 1.18 bits per heavy atom. The lowest BCUT2D eigenvalue weighted by Crippen LogP contribution is -2.21. The molecule has 13 heteroatoms. The summed E-state index contributed by atoms with van der Waals surface area (Å²) in [5.74, 6) is -2.08. The van der Waals surface area contributed by atoms with Gasteiger partial charge in [0.15, 0.2) is 17.5 Å². The van der Waals surface area contributed by atoms with Gasteiger partial charge in [0.2, 0.25) is 0 Å². The Labute approximate surface area is 176 Å². The number of nitrogens with zero attached hydrogens (tertiary/aromatic N) is 1. The fourth-order valence-corrected chi connectivity index (χ4v) is 2.64. The molecule has 0 atom stereocenters. The number of nitrogens with two attached hydrogens (primary N) is 1. The highest BCUT2D eigenvalue weighted by atomic mass is 35.5. The number of amides is 1. The maximum Gasteiger partial charge on any atom is 0.387 e. The van der Waals surface area contributed by atoms with E-state index in [1.165, 1.54) is 12.1 Å². The zero-order valence-electron chi connectivity index (χ0n) is 13.4. The molecule has 0 spiro atoms. The van der Waals surface area contributed by atoms with E-state index in [9.17, 15) is 18.4 Å². The van der Waals surface area contributed by atoms with Crippen LogP contribution in [-0.2, 0) is 9.53 Å². The van der Waals surface area contributed by atoms with Gasteiger partial charge in [0.25, 0.3) is 5.91 Å². The lowest BCUT2D eigenvalue weighted by atomic mass is 10.3.